The second kappa shape index (κ2) is 3.88. The van der Waals surface area contributed by atoms with Crippen molar-refractivity contribution in [3.8, 4) is 0 Å². The van der Waals surface area contributed by atoms with Crippen molar-refractivity contribution in [2.45, 2.75) is 38.6 Å². The van der Waals surface area contributed by atoms with E-state index in [1.807, 2.05) is 0 Å². The molecule has 1 aromatic carbocycles. The number of hydrogen-bond acceptors (Lipinski definition) is 1. The Bertz CT molecular complexity index is 541. The summed E-state index contributed by atoms with van der Waals surface area (Å²) in [6, 6.07) is 8.66. The Kier molecular flexibility index (Phi) is 2.48. The maximum Gasteiger partial charge on any atom is 0.0561 e. The van der Waals surface area contributed by atoms with Crippen molar-refractivity contribution in [1.29, 1.82) is 0 Å². The van der Waals surface area contributed by atoms with Crippen molar-refractivity contribution >= 4 is 10.9 Å². The zero-order chi connectivity index (χ0) is 11.9. The second-order valence-corrected chi connectivity index (χ2v) is 5.28. The van der Waals surface area contributed by atoms with E-state index >= 15 is 0 Å². The fraction of sp³-hybridized carbons (Fsp3) is 0.467. The second-order valence-electron chi connectivity index (χ2n) is 5.28. The van der Waals surface area contributed by atoms with E-state index in [9.17, 15) is 0 Å². The number of aromatic amines is 1. The number of H-pyrrole nitrogens is 1. The van der Waals surface area contributed by atoms with Gasteiger partial charge in [0.15, 0.2) is 0 Å². The number of hydrogen-bond donors (Lipinski definition) is 2. The van der Waals surface area contributed by atoms with E-state index in [0.717, 1.165) is 13.0 Å². The predicted molar refractivity (Wildman–Crippen MR) is 72.3 cm³/mol. The third kappa shape index (κ3) is 1.59. The molecule has 0 amide bonds. The molecule has 2 nitrogen and oxygen atoms in total. The number of fused-ring (bicyclic) bond motifs is 3. The lowest BCUT2D eigenvalue weighted by Gasteiger charge is -2.35. The SMILES string of the molecule is CCCC1(C)NCCc2c1[nH]c1ccccc21. The number of nitrogens with one attached hydrogen (secondary N) is 2. The maximum absolute atomic E-state index is 3.68. The van der Waals surface area contributed by atoms with E-state index in [1.54, 1.807) is 0 Å². The molecule has 2 aromatic rings. The normalized spacial score (nSPS) is 23.9. The van der Waals surface area contributed by atoms with Crippen LogP contribution in [0.5, 0.6) is 0 Å². The van der Waals surface area contributed by atoms with Crippen LogP contribution in [-0.4, -0.2) is 11.5 Å². The molecule has 1 atom stereocenters. The molecular weight excluding hydrogens is 208 g/mol. The molecule has 1 unspecified atom stereocenters. The molecule has 1 aromatic heterocycles. The molecule has 0 bridgehead atoms. The van der Waals surface area contributed by atoms with Gasteiger partial charge < -0.3 is 10.3 Å². The Morgan fingerprint density at radius 1 is 1.29 bits per heavy atom. The summed E-state index contributed by atoms with van der Waals surface area (Å²) >= 11 is 0. The lowest BCUT2D eigenvalue weighted by molar-refractivity contribution is 0.313. The molecule has 2 heterocycles. The summed E-state index contributed by atoms with van der Waals surface area (Å²) < 4.78 is 0. The maximum atomic E-state index is 3.68. The standard InChI is InChI=1S/C15H20N2/c1-3-9-15(2)14-12(8-10-16-15)11-6-4-5-7-13(11)17-14/h4-7,16-17H,3,8-10H2,1-2H3. The Morgan fingerprint density at radius 2 is 2.12 bits per heavy atom. The van der Waals surface area contributed by atoms with E-state index in [0.29, 0.717) is 0 Å². The van der Waals surface area contributed by atoms with Crippen LogP contribution in [0.3, 0.4) is 0 Å². The Hall–Kier alpha value is -1.28. The van der Waals surface area contributed by atoms with Gasteiger partial charge in [-0.2, -0.15) is 0 Å². The van der Waals surface area contributed by atoms with Crippen molar-refractivity contribution in [1.82, 2.24) is 10.3 Å². The molecule has 0 spiro atoms. The first-order valence-electron chi connectivity index (χ1n) is 6.60. The highest BCUT2D eigenvalue weighted by Gasteiger charge is 2.33. The molecule has 2 N–H and O–H groups in total. The van der Waals surface area contributed by atoms with Gasteiger partial charge in [-0.15, -0.1) is 0 Å². The van der Waals surface area contributed by atoms with Crippen LogP contribution in [0.4, 0.5) is 0 Å². The number of aromatic nitrogens is 1. The van der Waals surface area contributed by atoms with Gasteiger partial charge in [0.1, 0.15) is 0 Å². The van der Waals surface area contributed by atoms with Crippen LogP contribution in [0.1, 0.15) is 37.9 Å². The van der Waals surface area contributed by atoms with E-state index in [-0.39, 0.29) is 5.54 Å². The monoisotopic (exact) mass is 228 g/mol. The predicted octanol–water partition coefficient (Wildman–Crippen LogP) is 3.33. The quantitative estimate of drug-likeness (QED) is 0.810. The average molecular weight is 228 g/mol. The van der Waals surface area contributed by atoms with E-state index in [2.05, 4.69) is 48.4 Å². The number of para-hydroxylation sites is 1. The van der Waals surface area contributed by atoms with Gasteiger partial charge in [-0.25, -0.2) is 0 Å². The summed E-state index contributed by atoms with van der Waals surface area (Å²) in [5.41, 5.74) is 4.34. The molecule has 3 rings (SSSR count). The van der Waals surface area contributed by atoms with Crippen LogP contribution >= 0.6 is 0 Å². The van der Waals surface area contributed by atoms with Crippen molar-refractivity contribution in [2.75, 3.05) is 6.54 Å². The highest BCUT2D eigenvalue weighted by molar-refractivity contribution is 5.85. The van der Waals surface area contributed by atoms with Gasteiger partial charge in [0, 0.05) is 23.1 Å². The third-order valence-corrected chi connectivity index (χ3v) is 4.01. The van der Waals surface area contributed by atoms with Gasteiger partial charge in [-0.1, -0.05) is 31.5 Å². The molecule has 0 saturated heterocycles. The summed E-state index contributed by atoms with van der Waals surface area (Å²) in [5.74, 6) is 0. The smallest absolute Gasteiger partial charge is 0.0561 e. The Balaban J connectivity index is 2.20. The van der Waals surface area contributed by atoms with Crippen LogP contribution in [0, 0.1) is 0 Å². The molecule has 1 aliphatic rings. The van der Waals surface area contributed by atoms with Gasteiger partial charge >= 0.3 is 0 Å². The highest BCUT2D eigenvalue weighted by Crippen LogP contribution is 2.35. The first-order valence-corrected chi connectivity index (χ1v) is 6.60. The third-order valence-electron chi connectivity index (χ3n) is 4.01. The molecule has 2 heteroatoms. The molecule has 0 fully saturated rings. The average Bonchev–Trinajstić information content (AvgIpc) is 2.70. The van der Waals surface area contributed by atoms with Crippen molar-refractivity contribution in [3.63, 3.8) is 0 Å². The van der Waals surface area contributed by atoms with Crippen molar-refractivity contribution in [3.05, 3.63) is 35.5 Å². The molecule has 17 heavy (non-hydrogen) atoms. The number of rotatable bonds is 2. The van der Waals surface area contributed by atoms with Crippen LogP contribution < -0.4 is 5.32 Å². The zero-order valence-electron chi connectivity index (χ0n) is 10.6. The van der Waals surface area contributed by atoms with Crippen LogP contribution in [0.15, 0.2) is 24.3 Å². The molecule has 0 aliphatic carbocycles. The molecular formula is C15H20N2. The Morgan fingerprint density at radius 3 is 2.94 bits per heavy atom. The summed E-state index contributed by atoms with van der Waals surface area (Å²) in [4.78, 5) is 3.63. The van der Waals surface area contributed by atoms with E-state index in [1.165, 1.54) is 35.0 Å². The van der Waals surface area contributed by atoms with Crippen molar-refractivity contribution < 1.29 is 0 Å². The molecule has 90 valence electrons. The lowest BCUT2D eigenvalue weighted by Crippen LogP contribution is -2.44. The van der Waals surface area contributed by atoms with Gasteiger partial charge in [0.25, 0.3) is 0 Å². The first kappa shape index (κ1) is 10.8. The fourth-order valence-electron chi connectivity index (χ4n) is 3.20. The minimum absolute atomic E-state index is 0.126. The van der Waals surface area contributed by atoms with E-state index < -0.39 is 0 Å². The first-order chi connectivity index (χ1) is 8.24. The van der Waals surface area contributed by atoms with Crippen LogP contribution in [-0.2, 0) is 12.0 Å². The van der Waals surface area contributed by atoms with Crippen LogP contribution in [0.25, 0.3) is 10.9 Å². The zero-order valence-corrected chi connectivity index (χ0v) is 10.6. The fourth-order valence-corrected chi connectivity index (χ4v) is 3.20. The van der Waals surface area contributed by atoms with Gasteiger partial charge in [-0.3, -0.25) is 0 Å². The van der Waals surface area contributed by atoms with E-state index in [4.69, 9.17) is 0 Å². The van der Waals surface area contributed by atoms with Gasteiger partial charge in [0.2, 0.25) is 0 Å². The summed E-state index contributed by atoms with van der Waals surface area (Å²) in [5, 5.41) is 5.09. The molecule has 0 saturated carbocycles. The van der Waals surface area contributed by atoms with Gasteiger partial charge in [-0.05, 0) is 31.4 Å². The minimum Gasteiger partial charge on any atom is -0.357 e. The lowest BCUT2D eigenvalue weighted by atomic mass is 9.85. The van der Waals surface area contributed by atoms with Crippen LogP contribution in [0.2, 0.25) is 0 Å². The minimum atomic E-state index is 0.126. The molecule has 1 aliphatic heterocycles. The Labute approximate surface area is 102 Å². The summed E-state index contributed by atoms with van der Waals surface area (Å²) in [7, 11) is 0. The van der Waals surface area contributed by atoms with Gasteiger partial charge in [0.05, 0.1) is 5.54 Å². The molecule has 0 radical (unpaired) electrons. The largest absolute Gasteiger partial charge is 0.357 e. The summed E-state index contributed by atoms with van der Waals surface area (Å²) in [6.07, 6.45) is 3.53. The highest BCUT2D eigenvalue weighted by atomic mass is 15.0. The summed E-state index contributed by atoms with van der Waals surface area (Å²) in [6.45, 7) is 5.67. The van der Waals surface area contributed by atoms with Crippen molar-refractivity contribution in [2.24, 2.45) is 0 Å². The number of benzene rings is 1. The topological polar surface area (TPSA) is 27.8 Å².